The average Bonchev–Trinajstić information content (AvgIpc) is 2.41. The van der Waals surface area contributed by atoms with E-state index in [1.807, 2.05) is 0 Å². The molecule has 0 amide bonds. The van der Waals surface area contributed by atoms with Gasteiger partial charge in [-0.3, -0.25) is 4.72 Å². The first-order valence-electron chi connectivity index (χ1n) is 5.89. The fourth-order valence-corrected chi connectivity index (χ4v) is 2.90. The minimum atomic E-state index is -3.73. The fourth-order valence-electron chi connectivity index (χ4n) is 1.73. The summed E-state index contributed by atoms with van der Waals surface area (Å²) in [6.45, 7) is 1.78. The Labute approximate surface area is 117 Å². The van der Waals surface area contributed by atoms with Crippen LogP contribution in [0.4, 0.5) is 5.69 Å². The zero-order chi connectivity index (χ0) is 14.8. The summed E-state index contributed by atoms with van der Waals surface area (Å²) in [5, 5.41) is 9.36. The molecule has 0 aliphatic carbocycles. The van der Waals surface area contributed by atoms with Crippen LogP contribution in [-0.2, 0) is 10.0 Å². The monoisotopic (exact) mass is 293 g/mol. The number of rotatable bonds is 4. The molecular weight excluding hydrogens is 278 g/mol. The summed E-state index contributed by atoms with van der Waals surface area (Å²) in [4.78, 5) is 0.00715. The molecule has 2 aromatic carbocycles. The van der Waals surface area contributed by atoms with Gasteiger partial charge >= 0.3 is 0 Å². The standard InChI is InChI=1S/C14H15NO4S/c1-10-8-12(19-2)6-7-14(10)15-20(17,18)13-5-3-4-11(16)9-13/h3-9,15-16H,1-2H3. The fraction of sp³-hybridized carbons (Fsp3) is 0.143. The van der Waals surface area contributed by atoms with Crippen molar-refractivity contribution in [3.8, 4) is 11.5 Å². The molecule has 5 nitrogen and oxygen atoms in total. The van der Waals surface area contributed by atoms with Crippen molar-refractivity contribution in [1.29, 1.82) is 0 Å². The molecule has 20 heavy (non-hydrogen) atoms. The molecule has 0 fully saturated rings. The molecular formula is C14H15NO4S. The van der Waals surface area contributed by atoms with Crippen LogP contribution in [0.25, 0.3) is 0 Å². The van der Waals surface area contributed by atoms with Crippen LogP contribution < -0.4 is 9.46 Å². The maximum atomic E-state index is 12.2. The van der Waals surface area contributed by atoms with Gasteiger partial charge in [0, 0.05) is 6.07 Å². The third-order valence-corrected chi connectivity index (χ3v) is 4.17. The molecule has 2 aromatic rings. The van der Waals surface area contributed by atoms with Crippen molar-refractivity contribution in [1.82, 2.24) is 0 Å². The molecule has 0 saturated heterocycles. The summed E-state index contributed by atoms with van der Waals surface area (Å²) >= 11 is 0. The van der Waals surface area contributed by atoms with Crippen LogP contribution in [0.1, 0.15) is 5.56 Å². The third kappa shape index (κ3) is 3.03. The number of ether oxygens (including phenoxy) is 1. The Morgan fingerprint density at radius 1 is 1.15 bits per heavy atom. The van der Waals surface area contributed by atoms with E-state index in [1.165, 1.54) is 24.3 Å². The largest absolute Gasteiger partial charge is 0.508 e. The summed E-state index contributed by atoms with van der Waals surface area (Å²) in [7, 11) is -2.18. The van der Waals surface area contributed by atoms with Crippen molar-refractivity contribution in [3.63, 3.8) is 0 Å². The summed E-state index contributed by atoms with van der Waals surface area (Å²) < 4.78 is 32.0. The molecule has 0 atom stereocenters. The third-order valence-electron chi connectivity index (χ3n) is 2.81. The molecule has 6 heteroatoms. The highest BCUT2D eigenvalue weighted by Crippen LogP contribution is 2.24. The number of aromatic hydroxyl groups is 1. The van der Waals surface area contributed by atoms with Gasteiger partial charge in [0.05, 0.1) is 17.7 Å². The first kappa shape index (κ1) is 14.2. The first-order valence-corrected chi connectivity index (χ1v) is 7.37. The molecule has 2 N–H and O–H groups in total. The summed E-state index contributed by atoms with van der Waals surface area (Å²) in [5.41, 5.74) is 1.21. The molecule has 0 aromatic heterocycles. The predicted molar refractivity (Wildman–Crippen MR) is 76.6 cm³/mol. The zero-order valence-electron chi connectivity index (χ0n) is 11.1. The number of anilines is 1. The van der Waals surface area contributed by atoms with E-state index >= 15 is 0 Å². The van der Waals surface area contributed by atoms with Crippen molar-refractivity contribution in [2.24, 2.45) is 0 Å². The maximum absolute atomic E-state index is 12.2. The second-order valence-electron chi connectivity index (χ2n) is 4.28. The number of sulfonamides is 1. The second kappa shape index (κ2) is 5.42. The van der Waals surface area contributed by atoms with Crippen LogP contribution in [-0.4, -0.2) is 20.6 Å². The number of phenolic OH excluding ortho intramolecular Hbond substituents is 1. The zero-order valence-corrected chi connectivity index (χ0v) is 11.9. The van der Waals surface area contributed by atoms with Crippen LogP contribution in [0.3, 0.4) is 0 Å². The van der Waals surface area contributed by atoms with Crippen molar-refractivity contribution in [2.45, 2.75) is 11.8 Å². The number of hydrogen-bond acceptors (Lipinski definition) is 4. The van der Waals surface area contributed by atoms with Gasteiger partial charge in [-0.05, 0) is 42.8 Å². The number of benzene rings is 2. The highest BCUT2D eigenvalue weighted by Gasteiger charge is 2.15. The van der Waals surface area contributed by atoms with Crippen LogP contribution in [0, 0.1) is 6.92 Å². The lowest BCUT2D eigenvalue weighted by molar-refractivity contribution is 0.414. The Morgan fingerprint density at radius 2 is 1.90 bits per heavy atom. The van der Waals surface area contributed by atoms with E-state index in [9.17, 15) is 13.5 Å². The number of phenols is 1. The van der Waals surface area contributed by atoms with E-state index < -0.39 is 10.0 Å². The first-order chi connectivity index (χ1) is 9.42. The SMILES string of the molecule is COc1ccc(NS(=O)(=O)c2cccc(O)c2)c(C)c1. The number of hydrogen-bond donors (Lipinski definition) is 2. The van der Waals surface area contributed by atoms with Gasteiger partial charge < -0.3 is 9.84 Å². The van der Waals surface area contributed by atoms with Gasteiger partial charge in [-0.15, -0.1) is 0 Å². The minimum Gasteiger partial charge on any atom is -0.508 e. The number of aryl methyl sites for hydroxylation is 1. The van der Waals surface area contributed by atoms with Gasteiger partial charge in [0.25, 0.3) is 10.0 Å². The Bertz CT molecular complexity index is 726. The Morgan fingerprint density at radius 3 is 2.50 bits per heavy atom. The molecule has 0 bridgehead atoms. The van der Waals surface area contributed by atoms with Gasteiger partial charge in [0.1, 0.15) is 11.5 Å². The molecule has 0 saturated carbocycles. The quantitative estimate of drug-likeness (QED) is 0.908. The van der Waals surface area contributed by atoms with Crippen LogP contribution in [0.5, 0.6) is 11.5 Å². The van der Waals surface area contributed by atoms with E-state index in [0.717, 1.165) is 5.56 Å². The lowest BCUT2D eigenvalue weighted by atomic mass is 10.2. The molecule has 0 radical (unpaired) electrons. The van der Waals surface area contributed by atoms with E-state index in [1.54, 1.807) is 32.2 Å². The van der Waals surface area contributed by atoms with Gasteiger partial charge in [-0.1, -0.05) is 6.07 Å². The summed E-state index contributed by atoms with van der Waals surface area (Å²) in [6, 6.07) is 10.5. The molecule has 0 aliphatic heterocycles. The van der Waals surface area contributed by atoms with Gasteiger partial charge in [-0.25, -0.2) is 8.42 Å². The normalized spacial score (nSPS) is 11.1. The average molecular weight is 293 g/mol. The van der Waals surface area contributed by atoms with Crippen molar-refractivity contribution in [3.05, 3.63) is 48.0 Å². The summed E-state index contributed by atoms with van der Waals surface area (Å²) in [5.74, 6) is 0.558. The highest BCUT2D eigenvalue weighted by atomic mass is 32.2. The molecule has 0 spiro atoms. The Balaban J connectivity index is 2.33. The van der Waals surface area contributed by atoms with Gasteiger partial charge in [0.2, 0.25) is 0 Å². The topological polar surface area (TPSA) is 75.6 Å². The van der Waals surface area contributed by atoms with Crippen LogP contribution in [0.2, 0.25) is 0 Å². The highest BCUT2D eigenvalue weighted by molar-refractivity contribution is 7.92. The van der Waals surface area contributed by atoms with E-state index in [2.05, 4.69) is 4.72 Å². The number of methoxy groups -OCH3 is 1. The van der Waals surface area contributed by atoms with E-state index in [-0.39, 0.29) is 10.6 Å². The Hall–Kier alpha value is -2.21. The molecule has 2 rings (SSSR count). The maximum Gasteiger partial charge on any atom is 0.262 e. The molecule has 0 aliphatic rings. The predicted octanol–water partition coefficient (Wildman–Crippen LogP) is 2.51. The van der Waals surface area contributed by atoms with Gasteiger partial charge in [0.15, 0.2) is 0 Å². The van der Waals surface area contributed by atoms with E-state index in [4.69, 9.17) is 4.74 Å². The van der Waals surface area contributed by atoms with Gasteiger partial charge in [-0.2, -0.15) is 0 Å². The van der Waals surface area contributed by atoms with Crippen LogP contribution >= 0.6 is 0 Å². The lowest BCUT2D eigenvalue weighted by Crippen LogP contribution is -2.13. The lowest BCUT2D eigenvalue weighted by Gasteiger charge is -2.11. The smallest absolute Gasteiger partial charge is 0.262 e. The molecule has 0 unspecified atom stereocenters. The minimum absolute atomic E-state index is 0.00715. The van der Waals surface area contributed by atoms with E-state index in [0.29, 0.717) is 11.4 Å². The number of nitrogens with one attached hydrogen (secondary N) is 1. The van der Waals surface area contributed by atoms with Crippen molar-refractivity contribution < 1.29 is 18.3 Å². The Kier molecular flexibility index (Phi) is 3.85. The molecule has 106 valence electrons. The van der Waals surface area contributed by atoms with Crippen molar-refractivity contribution in [2.75, 3.05) is 11.8 Å². The second-order valence-corrected chi connectivity index (χ2v) is 5.97. The summed E-state index contributed by atoms with van der Waals surface area (Å²) in [6.07, 6.45) is 0. The molecule has 0 heterocycles. The van der Waals surface area contributed by atoms with Crippen molar-refractivity contribution >= 4 is 15.7 Å². The van der Waals surface area contributed by atoms with Crippen LogP contribution in [0.15, 0.2) is 47.4 Å².